The fraction of sp³-hybridized carbons (Fsp3) is 1.00. The minimum absolute atomic E-state index is 0.0459. The number of aliphatic hydroxyl groups excluding tert-OH is 2. The summed E-state index contributed by atoms with van der Waals surface area (Å²) < 4.78 is 0. The third-order valence-corrected chi connectivity index (χ3v) is 3.09. The minimum Gasteiger partial charge on any atom is -0.395 e. The van der Waals surface area contributed by atoms with Crippen molar-refractivity contribution in [2.45, 2.75) is 44.2 Å². The Balaban J connectivity index is 2.15. The van der Waals surface area contributed by atoms with Crippen LogP contribution in [0.1, 0.15) is 32.1 Å². The van der Waals surface area contributed by atoms with Gasteiger partial charge in [-0.05, 0) is 38.6 Å². The summed E-state index contributed by atoms with van der Waals surface area (Å²) >= 11 is 0. The maximum atomic E-state index is 10.2. The Morgan fingerprint density at radius 1 is 1.40 bits per heavy atom. The molecule has 1 fully saturated rings. The Morgan fingerprint density at radius 2 is 2.20 bits per heavy atom. The van der Waals surface area contributed by atoms with Crippen LogP contribution in [0.3, 0.4) is 0 Å². The van der Waals surface area contributed by atoms with Crippen molar-refractivity contribution in [1.29, 1.82) is 0 Å². The molecule has 0 saturated carbocycles. The van der Waals surface area contributed by atoms with Gasteiger partial charge in [0, 0.05) is 12.6 Å². The summed E-state index contributed by atoms with van der Waals surface area (Å²) in [7, 11) is 0. The second-order valence-corrected chi connectivity index (χ2v) is 4.33. The highest BCUT2D eigenvalue weighted by Crippen LogP contribution is 2.17. The lowest BCUT2D eigenvalue weighted by Gasteiger charge is -2.25. The first-order chi connectivity index (χ1) is 7.27. The summed E-state index contributed by atoms with van der Waals surface area (Å²) in [6, 6.07) is 0.235. The predicted molar refractivity (Wildman–Crippen MR) is 57.1 cm³/mol. The maximum Gasteiger partial charge on any atom is 0.0822 e. The highest BCUT2D eigenvalue weighted by atomic mass is 16.3. The van der Waals surface area contributed by atoms with Crippen LogP contribution in [0.5, 0.6) is 0 Å². The van der Waals surface area contributed by atoms with Gasteiger partial charge in [-0.1, -0.05) is 0 Å². The average Bonchev–Trinajstić information content (AvgIpc) is 2.65. The standard InChI is InChI=1S/C11H22NO3/c13-7-2-1-5-11(15)8-12-6-3-4-10(12)9-14/h10-11,14-15H,1-9H2. The van der Waals surface area contributed by atoms with Gasteiger partial charge >= 0.3 is 0 Å². The van der Waals surface area contributed by atoms with Crippen molar-refractivity contribution in [3.8, 4) is 0 Å². The van der Waals surface area contributed by atoms with E-state index in [9.17, 15) is 10.2 Å². The van der Waals surface area contributed by atoms with E-state index in [1.54, 1.807) is 0 Å². The van der Waals surface area contributed by atoms with E-state index in [1.807, 2.05) is 0 Å². The van der Waals surface area contributed by atoms with Gasteiger partial charge in [-0.2, -0.15) is 0 Å². The van der Waals surface area contributed by atoms with E-state index in [2.05, 4.69) is 4.90 Å². The lowest BCUT2D eigenvalue weighted by Crippen LogP contribution is -2.38. The second-order valence-electron chi connectivity index (χ2n) is 4.33. The molecule has 2 atom stereocenters. The molecular formula is C11H22NO3. The maximum absolute atomic E-state index is 10.2. The van der Waals surface area contributed by atoms with Gasteiger partial charge in [0.1, 0.15) is 0 Å². The third-order valence-electron chi connectivity index (χ3n) is 3.09. The average molecular weight is 216 g/mol. The van der Waals surface area contributed by atoms with Crippen molar-refractivity contribution in [3.63, 3.8) is 0 Å². The zero-order valence-electron chi connectivity index (χ0n) is 9.27. The summed E-state index contributed by atoms with van der Waals surface area (Å²) in [6.45, 7) is 1.76. The monoisotopic (exact) mass is 216 g/mol. The number of unbranched alkanes of at least 4 members (excludes halogenated alkanes) is 1. The summed E-state index contributed by atoms with van der Waals surface area (Å²) in [4.78, 5) is 2.15. The van der Waals surface area contributed by atoms with Crippen molar-refractivity contribution >= 4 is 0 Å². The molecule has 15 heavy (non-hydrogen) atoms. The minimum atomic E-state index is -0.344. The highest BCUT2D eigenvalue weighted by molar-refractivity contribution is 4.80. The molecule has 0 aromatic carbocycles. The SMILES string of the molecule is [O]CCCCC(O)CN1CCCC1CO. The van der Waals surface area contributed by atoms with Crippen molar-refractivity contribution < 1.29 is 15.3 Å². The molecular weight excluding hydrogens is 194 g/mol. The molecule has 2 N–H and O–H groups in total. The van der Waals surface area contributed by atoms with Crippen molar-refractivity contribution in [3.05, 3.63) is 0 Å². The lowest BCUT2D eigenvalue weighted by atomic mass is 10.1. The van der Waals surface area contributed by atoms with Gasteiger partial charge in [-0.25, -0.2) is 5.11 Å². The molecule has 0 spiro atoms. The van der Waals surface area contributed by atoms with Crippen LogP contribution in [0, 0.1) is 0 Å². The van der Waals surface area contributed by atoms with Crippen molar-refractivity contribution in [2.75, 3.05) is 26.3 Å². The summed E-state index contributed by atoms with van der Waals surface area (Å²) in [5.41, 5.74) is 0. The van der Waals surface area contributed by atoms with E-state index >= 15 is 0 Å². The van der Waals surface area contributed by atoms with Crippen LogP contribution in [0.2, 0.25) is 0 Å². The first kappa shape index (κ1) is 12.9. The summed E-state index contributed by atoms with van der Waals surface area (Å²) in [5, 5.41) is 29.1. The molecule has 1 aliphatic rings. The van der Waals surface area contributed by atoms with E-state index in [-0.39, 0.29) is 25.4 Å². The van der Waals surface area contributed by atoms with Crippen LogP contribution < -0.4 is 0 Å². The normalized spacial score (nSPS) is 24.6. The van der Waals surface area contributed by atoms with Crippen LogP contribution in [0.15, 0.2) is 0 Å². The largest absolute Gasteiger partial charge is 0.395 e. The second kappa shape index (κ2) is 7.17. The molecule has 0 aromatic heterocycles. The van der Waals surface area contributed by atoms with Crippen LogP contribution >= 0.6 is 0 Å². The van der Waals surface area contributed by atoms with Crippen LogP contribution in [0.4, 0.5) is 0 Å². The molecule has 4 nitrogen and oxygen atoms in total. The van der Waals surface area contributed by atoms with Crippen molar-refractivity contribution in [1.82, 2.24) is 4.90 Å². The number of rotatable bonds is 7. The molecule has 0 aromatic rings. The number of likely N-dealkylation sites (tertiary alicyclic amines) is 1. The molecule has 2 unspecified atom stereocenters. The summed E-state index contributed by atoms with van der Waals surface area (Å²) in [5.74, 6) is 0. The lowest BCUT2D eigenvalue weighted by molar-refractivity contribution is 0.0766. The fourth-order valence-electron chi connectivity index (χ4n) is 2.19. The third kappa shape index (κ3) is 4.47. The molecule has 4 heteroatoms. The Hall–Kier alpha value is -0.160. The molecule has 1 saturated heterocycles. The van der Waals surface area contributed by atoms with Gasteiger partial charge in [0.25, 0.3) is 0 Å². The van der Waals surface area contributed by atoms with Crippen LogP contribution in [-0.2, 0) is 5.11 Å². The van der Waals surface area contributed by atoms with E-state index in [0.29, 0.717) is 19.4 Å². The predicted octanol–water partition coefficient (Wildman–Crippen LogP) is 0.405. The fourth-order valence-corrected chi connectivity index (χ4v) is 2.19. The van der Waals surface area contributed by atoms with E-state index < -0.39 is 0 Å². The van der Waals surface area contributed by atoms with Gasteiger partial charge < -0.3 is 10.2 Å². The first-order valence-corrected chi connectivity index (χ1v) is 5.89. The molecule has 1 radical (unpaired) electrons. The Morgan fingerprint density at radius 3 is 2.87 bits per heavy atom. The Labute approximate surface area is 91.5 Å². The Bertz CT molecular complexity index is 166. The van der Waals surface area contributed by atoms with Crippen LogP contribution in [-0.4, -0.2) is 53.6 Å². The number of nitrogens with zero attached hydrogens (tertiary/aromatic N) is 1. The van der Waals surface area contributed by atoms with Gasteiger partial charge in [-0.15, -0.1) is 0 Å². The molecule has 89 valence electrons. The van der Waals surface area contributed by atoms with Crippen molar-refractivity contribution in [2.24, 2.45) is 0 Å². The number of hydrogen-bond acceptors (Lipinski definition) is 3. The van der Waals surface area contributed by atoms with Crippen LogP contribution in [0.25, 0.3) is 0 Å². The Kier molecular flexibility index (Phi) is 6.17. The quantitative estimate of drug-likeness (QED) is 0.606. The zero-order chi connectivity index (χ0) is 11.1. The topological polar surface area (TPSA) is 63.6 Å². The molecule has 0 amide bonds. The first-order valence-electron chi connectivity index (χ1n) is 5.89. The van der Waals surface area contributed by atoms with Gasteiger partial charge in [-0.3, -0.25) is 4.90 Å². The van der Waals surface area contributed by atoms with E-state index in [1.165, 1.54) is 0 Å². The van der Waals surface area contributed by atoms with Gasteiger partial charge in [0.05, 0.1) is 19.3 Å². The molecule has 0 aliphatic carbocycles. The number of aliphatic hydroxyl groups is 2. The van der Waals surface area contributed by atoms with Gasteiger partial charge in [0.2, 0.25) is 0 Å². The number of hydrogen-bond donors (Lipinski definition) is 2. The molecule has 1 rings (SSSR count). The van der Waals surface area contributed by atoms with E-state index in [0.717, 1.165) is 25.8 Å². The summed E-state index contributed by atoms with van der Waals surface area (Å²) in [6.07, 6.45) is 3.96. The number of β-amino-alcohol motifs (C(OH)–C–C–N with tert-alkyl or cyclic N) is 1. The molecule has 1 heterocycles. The smallest absolute Gasteiger partial charge is 0.0822 e. The highest BCUT2D eigenvalue weighted by Gasteiger charge is 2.25. The van der Waals surface area contributed by atoms with E-state index in [4.69, 9.17) is 5.11 Å². The molecule has 0 bridgehead atoms. The zero-order valence-corrected chi connectivity index (χ0v) is 9.27. The van der Waals surface area contributed by atoms with Gasteiger partial charge in [0.15, 0.2) is 0 Å². The molecule has 1 aliphatic heterocycles.